The number of amides is 1. The summed E-state index contributed by atoms with van der Waals surface area (Å²) in [6.07, 6.45) is 0. The maximum absolute atomic E-state index is 13.3. The van der Waals surface area contributed by atoms with Crippen LogP contribution in [0.1, 0.15) is 42.2 Å². The van der Waals surface area contributed by atoms with Gasteiger partial charge >= 0.3 is 0 Å². The average molecular weight is 384 g/mol. The zero-order valence-electron chi connectivity index (χ0n) is 16.2. The van der Waals surface area contributed by atoms with Gasteiger partial charge in [0.05, 0.1) is 0 Å². The van der Waals surface area contributed by atoms with Gasteiger partial charge in [0.25, 0.3) is 5.91 Å². The summed E-state index contributed by atoms with van der Waals surface area (Å²) in [7, 11) is 0. The summed E-state index contributed by atoms with van der Waals surface area (Å²) in [5, 5.41) is 5.71. The van der Waals surface area contributed by atoms with Crippen molar-refractivity contribution in [2.75, 3.05) is 5.32 Å². The molecule has 0 fully saturated rings. The second-order valence-electron chi connectivity index (χ2n) is 7.27. The number of anilines is 1. The molecule has 1 aliphatic rings. The Morgan fingerprint density at radius 3 is 1.97 bits per heavy atom. The molecular weight excluding hydrogens is 364 g/mol. The molecule has 3 aromatic rings. The zero-order chi connectivity index (χ0) is 20.6. The number of carbonyl (C=O) groups is 3. The standard InChI is InChI=1S/C24H20N2O3/c1-15-10-12-18(13-11-15)25-24(26-23(29)17-7-5-6-16(2)14-17)21(27)19-8-3-4-9-20(19)22(24)28/h3-14,25H,1-2H3,(H,26,29). The summed E-state index contributed by atoms with van der Waals surface area (Å²) < 4.78 is 0. The van der Waals surface area contributed by atoms with Gasteiger partial charge in [0, 0.05) is 22.4 Å². The predicted molar refractivity (Wildman–Crippen MR) is 111 cm³/mol. The van der Waals surface area contributed by atoms with Crippen molar-refractivity contribution in [3.05, 3.63) is 101 Å². The summed E-state index contributed by atoms with van der Waals surface area (Å²) in [5.41, 5.74) is 1.59. The van der Waals surface area contributed by atoms with Crippen LogP contribution in [0, 0.1) is 13.8 Å². The van der Waals surface area contributed by atoms with Crippen LogP contribution in [-0.4, -0.2) is 23.1 Å². The largest absolute Gasteiger partial charge is 0.350 e. The molecule has 0 bridgehead atoms. The number of aryl methyl sites for hydroxylation is 2. The van der Waals surface area contributed by atoms with Gasteiger partial charge < -0.3 is 10.6 Å². The van der Waals surface area contributed by atoms with Gasteiger partial charge in [-0.25, -0.2) is 0 Å². The highest BCUT2D eigenvalue weighted by molar-refractivity contribution is 6.35. The summed E-state index contributed by atoms with van der Waals surface area (Å²) in [4.78, 5) is 39.7. The van der Waals surface area contributed by atoms with E-state index in [0.29, 0.717) is 22.4 Å². The first-order valence-electron chi connectivity index (χ1n) is 9.33. The maximum Gasteiger partial charge on any atom is 0.253 e. The van der Waals surface area contributed by atoms with Gasteiger partial charge in [0.1, 0.15) is 0 Å². The van der Waals surface area contributed by atoms with Crippen LogP contribution in [0.15, 0.2) is 72.8 Å². The Bertz CT molecular complexity index is 1100. The molecule has 0 heterocycles. The molecule has 0 atom stereocenters. The molecule has 0 saturated heterocycles. The molecule has 0 saturated carbocycles. The third-order valence-electron chi connectivity index (χ3n) is 5.06. The lowest BCUT2D eigenvalue weighted by Gasteiger charge is -2.29. The second kappa shape index (κ2) is 7.02. The van der Waals surface area contributed by atoms with Crippen molar-refractivity contribution >= 4 is 23.2 Å². The average Bonchev–Trinajstić information content (AvgIpc) is 2.92. The smallest absolute Gasteiger partial charge is 0.253 e. The molecule has 5 nitrogen and oxygen atoms in total. The van der Waals surface area contributed by atoms with Gasteiger partial charge in [-0.2, -0.15) is 0 Å². The Labute approximate surface area is 168 Å². The second-order valence-corrected chi connectivity index (χ2v) is 7.27. The van der Waals surface area contributed by atoms with E-state index >= 15 is 0 Å². The summed E-state index contributed by atoms with van der Waals surface area (Å²) >= 11 is 0. The van der Waals surface area contributed by atoms with Crippen molar-refractivity contribution in [2.24, 2.45) is 0 Å². The summed E-state index contributed by atoms with van der Waals surface area (Å²) in [6, 6.07) is 20.9. The van der Waals surface area contributed by atoms with E-state index in [0.717, 1.165) is 11.1 Å². The highest BCUT2D eigenvalue weighted by atomic mass is 16.2. The third-order valence-corrected chi connectivity index (χ3v) is 5.06. The molecule has 1 aliphatic carbocycles. The van der Waals surface area contributed by atoms with E-state index in [2.05, 4.69) is 10.6 Å². The molecule has 5 heteroatoms. The zero-order valence-corrected chi connectivity index (χ0v) is 16.2. The molecular formula is C24H20N2O3. The highest BCUT2D eigenvalue weighted by Gasteiger charge is 2.54. The third kappa shape index (κ3) is 3.21. The minimum Gasteiger partial charge on any atom is -0.350 e. The molecule has 29 heavy (non-hydrogen) atoms. The lowest BCUT2D eigenvalue weighted by Crippen LogP contribution is -2.62. The summed E-state index contributed by atoms with van der Waals surface area (Å²) in [5.74, 6) is -1.44. The normalized spacial score (nSPS) is 14.4. The van der Waals surface area contributed by atoms with Crippen molar-refractivity contribution in [3.8, 4) is 0 Å². The van der Waals surface area contributed by atoms with Gasteiger partial charge in [-0.15, -0.1) is 0 Å². The molecule has 0 radical (unpaired) electrons. The number of ketones is 2. The SMILES string of the molecule is Cc1ccc(NC2(NC(=O)c3cccc(C)c3)C(=O)c3ccccc3C2=O)cc1. The van der Waals surface area contributed by atoms with E-state index < -0.39 is 23.1 Å². The van der Waals surface area contributed by atoms with Crippen molar-refractivity contribution in [1.29, 1.82) is 0 Å². The van der Waals surface area contributed by atoms with E-state index in [1.54, 1.807) is 54.6 Å². The first-order valence-corrected chi connectivity index (χ1v) is 9.33. The fraction of sp³-hybridized carbons (Fsp3) is 0.125. The Kier molecular flexibility index (Phi) is 4.51. The number of Topliss-reactive ketones (excluding diaryl/α,β-unsaturated/α-hetero) is 2. The number of nitrogens with one attached hydrogen (secondary N) is 2. The van der Waals surface area contributed by atoms with Gasteiger partial charge in [-0.3, -0.25) is 14.4 Å². The van der Waals surface area contributed by atoms with E-state index in [-0.39, 0.29) is 0 Å². The first kappa shape index (κ1) is 18.6. The van der Waals surface area contributed by atoms with Crippen LogP contribution in [0.3, 0.4) is 0 Å². The van der Waals surface area contributed by atoms with Crippen molar-refractivity contribution in [2.45, 2.75) is 19.5 Å². The Balaban J connectivity index is 1.78. The fourth-order valence-electron chi connectivity index (χ4n) is 3.53. The molecule has 0 aromatic heterocycles. The number of fused-ring (bicyclic) bond motifs is 1. The maximum atomic E-state index is 13.3. The molecule has 1 amide bonds. The predicted octanol–water partition coefficient (Wildman–Crippen LogP) is 3.92. The Morgan fingerprint density at radius 2 is 1.38 bits per heavy atom. The van der Waals surface area contributed by atoms with Crippen LogP contribution in [0.5, 0.6) is 0 Å². The minimum absolute atomic E-state index is 0.293. The number of benzene rings is 3. The topological polar surface area (TPSA) is 75.3 Å². The van der Waals surface area contributed by atoms with Gasteiger partial charge in [-0.05, 0) is 38.1 Å². The Morgan fingerprint density at radius 1 is 0.759 bits per heavy atom. The minimum atomic E-state index is -1.89. The van der Waals surface area contributed by atoms with Crippen LogP contribution in [0.25, 0.3) is 0 Å². The number of hydrogen-bond donors (Lipinski definition) is 2. The van der Waals surface area contributed by atoms with Crippen molar-refractivity contribution < 1.29 is 14.4 Å². The van der Waals surface area contributed by atoms with E-state index in [1.807, 2.05) is 32.0 Å². The first-order chi connectivity index (χ1) is 13.9. The molecule has 3 aromatic carbocycles. The van der Waals surface area contributed by atoms with Crippen LogP contribution < -0.4 is 10.6 Å². The quantitative estimate of drug-likeness (QED) is 0.528. The lowest BCUT2D eigenvalue weighted by molar-refractivity contribution is 0.0726. The van der Waals surface area contributed by atoms with Gasteiger partial charge in [0.2, 0.25) is 17.2 Å². The Hall–Kier alpha value is -3.73. The highest BCUT2D eigenvalue weighted by Crippen LogP contribution is 2.32. The lowest BCUT2D eigenvalue weighted by atomic mass is 10.0. The molecule has 0 unspecified atom stereocenters. The molecule has 2 N–H and O–H groups in total. The fourth-order valence-corrected chi connectivity index (χ4v) is 3.53. The van der Waals surface area contributed by atoms with Gasteiger partial charge in [0.15, 0.2) is 0 Å². The molecule has 0 aliphatic heterocycles. The van der Waals surface area contributed by atoms with Crippen LogP contribution in [-0.2, 0) is 0 Å². The monoisotopic (exact) mass is 384 g/mol. The van der Waals surface area contributed by atoms with Crippen LogP contribution >= 0.6 is 0 Å². The molecule has 0 spiro atoms. The number of carbonyl (C=O) groups excluding carboxylic acids is 3. The van der Waals surface area contributed by atoms with Gasteiger partial charge in [-0.1, -0.05) is 59.7 Å². The van der Waals surface area contributed by atoms with E-state index in [4.69, 9.17) is 0 Å². The van der Waals surface area contributed by atoms with E-state index in [1.165, 1.54) is 0 Å². The summed E-state index contributed by atoms with van der Waals surface area (Å²) in [6.45, 7) is 3.82. The number of rotatable bonds is 4. The molecule has 4 rings (SSSR count). The van der Waals surface area contributed by atoms with Crippen LogP contribution in [0.4, 0.5) is 5.69 Å². The van der Waals surface area contributed by atoms with Crippen molar-refractivity contribution in [3.63, 3.8) is 0 Å². The van der Waals surface area contributed by atoms with Crippen molar-refractivity contribution in [1.82, 2.24) is 5.32 Å². The van der Waals surface area contributed by atoms with E-state index in [9.17, 15) is 14.4 Å². The number of hydrogen-bond acceptors (Lipinski definition) is 4. The van der Waals surface area contributed by atoms with Crippen LogP contribution in [0.2, 0.25) is 0 Å². The molecule has 144 valence electrons.